The Kier molecular flexibility index (Phi) is 3.12. The van der Waals surface area contributed by atoms with Gasteiger partial charge in [0.05, 0.1) is 0 Å². The van der Waals surface area contributed by atoms with E-state index in [0.717, 1.165) is 23.7 Å². The summed E-state index contributed by atoms with van der Waals surface area (Å²) in [6.45, 7) is 0.531. The number of rotatable bonds is 3. The first-order valence-corrected chi connectivity index (χ1v) is 7.28. The molecule has 0 unspecified atom stereocenters. The molecule has 1 amide bonds. The van der Waals surface area contributed by atoms with Crippen molar-refractivity contribution in [2.24, 2.45) is 0 Å². The van der Waals surface area contributed by atoms with E-state index >= 15 is 0 Å². The highest BCUT2D eigenvalue weighted by Crippen LogP contribution is 2.38. The van der Waals surface area contributed by atoms with Crippen LogP contribution in [0.15, 0.2) is 16.7 Å². The number of hydrogen-bond acceptors (Lipinski definition) is 2. The van der Waals surface area contributed by atoms with Gasteiger partial charge in [-0.2, -0.15) is 0 Å². The summed E-state index contributed by atoms with van der Waals surface area (Å²) in [4.78, 5) is 25.2. The molecule has 1 aromatic rings. The zero-order valence-electron chi connectivity index (χ0n) is 10.4. The zero-order valence-corrected chi connectivity index (χ0v) is 12.0. The number of halogens is 1. The third-order valence-electron chi connectivity index (χ3n) is 3.77. The molecule has 0 bridgehead atoms. The van der Waals surface area contributed by atoms with E-state index in [1.165, 1.54) is 4.90 Å². The van der Waals surface area contributed by atoms with Gasteiger partial charge in [0.1, 0.15) is 11.7 Å². The molecule has 0 radical (unpaired) electrons. The lowest BCUT2D eigenvalue weighted by molar-refractivity contribution is -0.141. The Morgan fingerprint density at radius 1 is 1.32 bits per heavy atom. The first kappa shape index (κ1) is 12.7. The monoisotopic (exact) mass is 326 g/mol. The number of aromatic nitrogens is 1. The second kappa shape index (κ2) is 4.67. The molecule has 1 aliphatic heterocycles. The number of nitrogens with zero attached hydrogens (tertiary/aromatic N) is 2. The van der Waals surface area contributed by atoms with Crippen LogP contribution in [0.25, 0.3) is 0 Å². The maximum atomic E-state index is 12.5. The van der Waals surface area contributed by atoms with Crippen molar-refractivity contribution in [1.82, 2.24) is 9.47 Å². The summed E-state index contributed by atoms with van der Waals surface area (Å²) in [5, 5.41) is 9.17. The molecule has 0 aromatic carbocycles. The second-order valence-corrected chi connectivity index (χ2v) is 6.09. The SMILES string of the molecule is O=C(O)[C@H]1CCCN1C(=O)c1cc(Br)cn1C1CC1. The van der Waals surface area contributed by atoms with Crippen molar-refractivity contribution in [3.05, 3.63) is 22.4 Å². The zero-order chi connectivity index (χ0) is 13.6. The number of amides is 1. The maximum Gasteiger partial charge on any atom is 0.326 e. The average molecular weight is 327 g/mol. The molecule has 2 aliphatic rings. The van der Waals surface area contributed by atoms with Crippen LogP contribution in [0.4, 0.5) is 0 Å². The average Bonchev–Trinajstić information content (AvgIpc) is 2.95. The Bertz CT molecular complexity index is 536. The van der Waals surface area contributed by atoms with E-state index in [1.54, 1.807) is 6.07 Å². The Hall–Kier alpha value is -1.30. The molecular weight excluding hydrogens is 312 g/mol. The van der Waals surface area contributed by atoms with Gasteiger partial charge < -0.3 is 14.6 Å². The molecule has 1 aliphatic carbocycles. The predicted octanol–water partition coefficient (Wildman–Crippen LogP) is 2.27. The summed E-state index contributed by atoms with van der Waals surface area (Å²) in [5.41, 5.74) is 0.600. The lowest BCUT2D eigenvalue weighted by Gasteiger charge is -2.22. The van der Waals surface area contributed by atoms with Gasteiger partial charge in [-0.15, -0.1) is 0 Å². The fourth-order valence-electron chi connectivity index (χ4n) is 2.69. The van der Waals surface area contributed by atoms with Crippen molar-refractivity contribution < 1.29 is 14.7 Å². The van der Waals surface area contributed by atoms with E-state index in [9.17, 15) is 9.59 Å². The van der Waals surface area contributed by atoms with Gasteiger partial charge in [-0.05, 0) is 47.7 Å². The molecule has 1 atom stereocenters. The van der Waals surface area contributed by atoms with Crippen molar-refractivity contribution in [2.75, 3.05) is 6.54 Å². The molecular formula is C13H15BrN2O3. The molecule has 6 heteroatoms. The quantitative estimate of drug-likeness (QED) is 0.926. The largest absolute Gasteiger partial charge is 0.480 e. The highest BCUT2D eigenvalue weighted by molar-refractivity contribution is 9.10. The van der Waals surface area contributed by atoms with Crippen molar-refractivity contribution in [1.29, 1.82) is 0 Å². The van der Waals surface area contributed by atoms with Crippen LogP contribution in [0.5, 0.6) is 0 Å². The van der Waals surface area contributed by atoms with Gasteiger partial charge in [-0.1, -0.05) is 0 Å². The van der Waals surface area contributed by atoms with Gasteiger partial charge in [0.15, 0.2) is 0 Å². The summed E-state index contributed by atoms with van der Waals surface area (Å²) in [5.74, 6) is -1.07. The van der Waals surface area contributed by atoms with Gasteiger partial charge in [-0.3, -0.25) is 4.79 Å². The van der Waals surface area contributed by atoms with Gasteiger partial charge in [0, 0.05) is 23.3 Å². The molecule has 1 N–H and O–H groups in total. The van der Waals surface area contributed by atoms with E-state index in [2.05, 4.69) is 15.9 Å². The third kappa shape index (κ3) is 2.29. The summed E-state index contributed by atoms with van der Waals surface area (Å²) in [6.07, 6.45) is 5.39. The topological polar surface area (TPSA) is 62.5 Å². The number of carbonyl (C=O) groups excluding carboxylic acids is 1. The Morgan fingerprint density at radius 2 is 2.05 bits per heavy atom. The molecule has 1 saturated heterocycles. The van der Waals surface area contributed by atoms with Gasteiger partial charge in [0.2, 0.25) is 0 Å². The molecule has 2 heterocycles. The Morgan fingerprint density at radius 3 is 2.68 bits per heavy atom. The van der Waals surface area contributed by atoms with Crippen LogP contribution in [-0.4, -0.2) is 39.0 Å². The van der Waals surface area contributed by atoms with Crippen LogP contribution in [0.3, 0.4) is 0 Å². The molecule has 19 heavy (non-hydrogen) atoms. The van der Waals surface area contributed by atoms with Crippen molar-refractivity contribution in [3.8, 4) is 0 Å². The molecule has 1 aromatic heterocycles. The molecule has 102 valence electrons. The molecule has 2 fully saturated rings. The number of likely N-dealkylation sites (tertiary alicyclic amines) is 1. The summed E-state index contributed by atoms with van der Waals surface area (Å²) < 4.78 is 2.85. The number of carboxylic acids is 1. The maximum absolute atomic E-state index is 12.5. The fourth-order valence-corrected chi connectivity index (χ4v) is 3.12. The smallest absolute Gasteiger partial charge is 0.326 e. The first-order chi connectivity index (χ1) is 9.08. The second-order valence-electron chi connectivity index (χ2n) is 5.18. The van der Waals surface area contributed by atoms with Crippen LogP contribution in [0.1, 0.15) is 42.2 Å². The minimum absolute atomic E-state index is 0.164. The first-order valence-electron chi connectivity index (χ1n) is 6.49. The fraction of sp³-hybridized carbons (Fsp3) is 0.538. The lowest BCUT2D eigenvalue weighted by atomic mass is 10.2. The molecule has 3 rings (SSSR count). The number of hydrogen-bond donors (Lipinski definition) is 1. The van der Waals surface area contributed by atoms with Crippen LogP contribution >= 0.6 is 15.9 Å². The normalized spacial score (nSPS) is 22.8. The Balaban J connectivity index is 1.89. The standard InChI is InChI=1S/C13H15BrN2O3/c14-8-6-11(16(7-8)9-3-4-9)12(17)15-5-1-2-10(15)13(18)19/h6-7,9-10H,1-5H2,(H,18,19)/t10-/m1/s1. The van der Waals surface area contributed by atoms with Crippen LogP contribution in [0, 0.1) is 0 Å². The predicted molar refractivity (Wildman–Crippen MR) is 72.1 cm³/mol. The van der Waals surface area contributed by atoms with E-state index in [1.807, 2.05) is 10.8 Å². The summed E-state index contributed by atoms with van der Waals surface area (Å²) in [7, 11) is 0. The lowest BCUT2D eigenvalue weighted by Crippen LogP contribution is -2.41. The van der Waals surface area contributed by atoms with Gasteiger partial charge in [0.25, 0.3) is 5.91 Å². The van der Waals surface area contributed by atoms with Crippen LogP contribution < -0.4 is 0 Å². The van der Waals surface area contributed by atoms with Gasteiger partial charge >= 0.3 is 5.97 Å². The minimum Gasteiger partial charge on any atom is -0.480 e. The Labute approximate surface area is 119 Å². The highest BCUT2D eigenvalue weighted by atomic mass is 79.9. The van der Waals surface area contributed by atoms with E-state index in [4.69, 9.17) is 5.11 Å². The number of carboxylic acid groups (broad SMARTS) is 1. The van der Waals surface area contributed by atoms with Crippen molar-refractivity contribution >= 4 is 27.8 Å². The van der Waals surface area contributed by atoms with E-state index < -0.39 is 12.0 Å². The minimum atomic E-state index is -0.908. The van der Waals surface area contributed by atoms with Crippen LogP contribution in [0.2, 0.25) is 0 Å². The van der Waals surface area contributed by atoms with Crippen molar-refractivity contribution in [2.45, 2.75) is 37.8 Å². The summed E-state index contributed by atoms with van der Waals surface area (Å²) in [6, 6.07) is 1.52. The number of aliphatic carboxylic acids is 1. The highest BCUT2D eigenvalue weighted by Gasteiger charge is 2.37. The number of carbonyl (C=O) groups is 2. The molecule has 0 spiro atoms. The van der Waals surface area contributed by atoms with Gasteiger partial charge in [-0.25, -0.2) is 4.79 Å². The third-order valence-corrected chi connectivity index (χ3v) is 4.21. The summed E-state index contributed by atoms with van der Waals surface area (Å²) >= 11 is 3.39. The van der Waals surface area contributed by atoms with E-state index in [0.29, 0.717) is 24.7 Å². The molecule has 1 saturated carbocycles. The van der Waals surface area contributed by atoms with E-state index in [-0.39, 0.29) is 5.91 Å². The molecule has 5 nitrogen and oxygen atoms in total. The van der Waals surface area contributed by atoms with Crippen molar-refractivity contribution in [3.63, 3.8) is 0 Å². The van der Waals surface area contributed by atoms with Crippen LogP contribution in [-0.2, 0) is 4.79 Å².